The second-order valence-electron chi connectivity index (χ2n) is 5.83. The molecule has 0 aliphatic carbocycles. The number of hydrogen-bond acceptors (Lipinski definition) is 4. The SMILES string of the molecule is CC(CNC(=O)c1cccc(CSc2nccn2C)c1)N(C)C. The van der Waals surface area contributed by atoms with E-state index in [0.717, 1.165) is 16.5 Å². The van der Waals surface area contributed by atoms with Gasteiger partial charge in [-0.1, -0.05) is 23.9 Å². The molecule has 0 bridgehead atoms. The van der Waals surface area contributed by atoms with Crippen LogP contribution >= 0.6 is 11.8 Å². The number of nitrogens with zero attached hydrogens (tertiary/aromatic N) is 3. The summed E-state index contributed by atoms with van der Waals surface area (Å²) in [4.78, 5) is 18.6. The van der Waals surface area contributed by atoms with E-state index in [1.54, 1.807) is 18.0 Å². The van der Waals surface area contributed by atoms with Gasteiger partial charge in [0.15, 0.2) is 5.16 Å². The van der Waals surface area contributed by atoms with E-state index in [9.17, 15) is 4.79 Å². The minimum absolute atomic E-state index is 0.0254. The average Bonchev–Trinajstić information content (AvgIpc) is 2.95. The van der Waals surface area contributed by atoms with E-state index in [2.05, 4.69) is 22.1 Å². The number of carbonyl (C=O) groups excluding carboxylic acids is 1. The molecule has 0 spiro atoms. The Hall–Kier alpha value is -1.79. The Balaban J connectivity index is 1.93. The van der Waals surface area contributed by atoms with Crippen molar-refractivity contribution in [3.8, 4) is 0 Å². The first-order valence-corrected chi connectivity index (χ1v) is 8.59. The first-order valence-electron chi connectivity index (χ1n) is 7.61. The number of nitrogens with one attached hydrogen (secondary N) is 1. The van der Waals surface area contributed by atoms with Gasteiger partial charge in [0.1, 0.15) is 0 Å². The predicted octanol–water partition coefficient (Wildman–Crippen LogP) is 2.39. The lowest BCUT2D eigenvalue weighted by Crippen LogP contribution is -2.38. The van der Waals surface area contributed by atoms with Gasteiger partial charge in [-0.05, 0) is 38.7 Å². The summed E-state index contributed by atoms with van der Waals surface area (Å²) in [6.45, 7) is 2.72. The van der Waals surface area contributed by atoms with E-state index in [0.29, 0.717) is 18.2 Å². The van der Waals surface area contributed by atoms with Crippen LogP contribution in [0, 0.1) is 0 Å². The number of thioether (sulfide) groups is 1. The lowest BCUT2D eigenvalue weighted by molar-refractivity contribution is 0.0943. The molecule has 1 aromatic heterocycles. The van der Waals surface area contributed by atoms with E-state index in [4.69, 9.17) is 0 Å². The fourth-order valence-corrected chi connectivity index (χ4v) is 2.84. The molecule has 1 amide bonds. The van der Waals surface area contributed by atoms with Gasteiger partial charge >= 0.3 is 0 Å². The number of likely N-dealkylation sites (N-methyl/N-ethyl adjacent to an activating group) is 1. The molecule has 1 atom stereocenters. The van der Waals surface area contributed by atoms with E-state index >= 15 is 0 Å². The van der Waals surface area contributed by atoms with Crippen molar-refractivity contribution < 1.29 is 4.79 Å². The summed E-state index contributed by atoms with van der Waals surface area (Å²) < 4.78 is 1.99. The van der Waals surface area contributed by atoms with Crippen LogP contribution in [0.3, 0.4) is 0 Å². The molecular weight excluding hydrogens is 308 g/mol. The molecule has 23 heavy (non-hydrogen) atoms. The zero-order valence-electron chi connectivity index (χ0n) is 14.1. The molecule has 5 nitrogen and oxygen atoms in total. The minimum atomic E-state index is -0.0254. The van der Waals surface area contributed by atoms with Crippen LogP contribution in [0.1, 0.15) is 22.8 Å². The molecule has 2 aromatic rings. The van der Waals surface area contributed by atoms with Crippen molar-refractivity contribution in [1.29, 1.82) is 0 Å². The highest BCUT2D eigenvalue weighted by Gasteiger charge is 2.10. The Bertz CT molecular complexity index is 654. The monoisotopic (exact) mass is 332 g/mol. The number of hydrogen-bond donors (Lipinski definition) is 1. The van der Waals surface area contributed by atoms with Crippen LogP contribution < -0.4 is 5.32 Å². The molecule has 1 unspecified atom stereocenters. The summed E-state index contributed by atoms with van der Waals surface area (Å²) in [5, 5.41) is 3.95. The lowest BCUT2D eigenvalue weighted by atomic mass is 10.1. The third-order valence-electron chi connectivity index (χ3n) is 3.77. The molecule has 1 heterocycles. The first-order chi connectivity index (χ1) is 11.0. The zero-order chi connectivity index (χ0) is 16.8. The number of amides is 1. The highest BCUT2D eigenvalue weighted by atomic mass is 32.2. The Morgan fingerprint density at radius 3 is 2.87 bits per heavy atom. The maximum atomic E-state index is 12.3. The summed E-state index contributed by atoms with van der Waals surface area (Å²) in [7, 11) is 5.99. The van der Waals surface area contributed by atoms with Crippen LogP contribution in [-0.4, -0.2) is 47.0 Å². The van der Waals surface area contributed by atoms with Crippen LogP contribution in [0.4, 0.5) is 0 Å². The van der Waals surface area contributed by atoms with Gasteiger partial charge in [0, 0.05) is 43.3 Å². The number of aromatic nitrogens is 2. The topological polar surface area (TPSA) is 50.2 Å². The molecule has 2 rings (SSSR count). The molecule has 1 aromatic carbocycles. The van der Waals surface area contributed by atoms with Gasteiger partial charge in [0.25, 0.3) is 5.91 Å². The fourth-order valence-electron chi connectivity index (χ4n) is 1.97. The van der Waals surface area contributed by atoms with Crippen LogP contribution in [0.15, 0.2) is 41.8 Å². The zero-order valence-corrected chi connectivity index (χ0v) is 14.9. The Labute approximate surface area is 142 Å². The average molecular weight is 332 g/mol. The first kappa shape index (κ1) is 17.6. The van der Waals surface area contributed by atoms with E-state index < -0.39 is 0 Å². The molecular formula is C17H24N4OS. The van der Waals surface area contributed by atoms with Crippen molar-refractivity contribution >= 4 is 17.7 Å². The van der Waals surface area contributed by atoms with Crippen LogP contribution in [-0.2, 0) is 12.8 Å². The molecule has 1 N–H and O–H groups in total. The highest BCUT2D eigenvalue weighted by Crippen LogP contribution is 2.21. The van der Waals surface area contributed by atoms with Gasteiger partial charge in [-0.2, -0.15) is 0 Å². The van der Waals surface area contributed by atoms with Crippen molar-refractivity contribution in [3.63, 3.8) is 0 Å². The van der Waals surface area contributed by atoms with Crippen LogP contribution in [0.2, 0.25) is 0 Å². The maximum absolute atomic E-state index is 12.3. The third kappa shape index (κ3) is 5.11. The van der Waals surface area contributed by atoms with Gasteiger partial charge in [0.05, 0.1) is 0 Å². The molecule has 6 heteroatoms. The molecule has 0 fully saturated rings. The Morgan fingerprint density at radius 2 is 2.22 bits per heavy atom. The summed E-state index contributed by atoms with van der Waals surface area (Å²) in [5.74, 6) is 0.766. The standard InChI is InChI=1S/C17H24N4OS/c1-13(20(2)3)11-19-16(22)15-7-5-6-14(10-15)12-23-17-18-8-9-21(17)4/h5-10,13H,11-12H2,1-4H3,(H,19,22). The molecule has 0 aliphatic heterocycles. The molecule has 0 aliphatic rings. The van der Waals surface area contributed by atoms with E-state index in [1.165, 1.54) is 0 Å². The van der Waals surface area contributed by atoms with Gasteiger partial charge in [-0.25, -0.2) is 4.98 Å². The molecule has 0 radical (unpaired) electrons. The third-order valence-corrected chi connectivity index (χ3v) is 4.90. The van der Waals surface area contributed by atoms with Crippen molar-refractivity contribution in [2.45, 2.75) is 23.9 Å². The van der Waals surface area contributed by atoms with Gasteiger partial charge < -0.3 is 14.8 Å². The van der Waals surface area contributed by atoms with Gasteiger partial charge in [0.2, 0.25) is 0 Å². The van der Waals surface area contributed by atoms with Gasteiger partial charge in [-0.15, -0.1) is 0 Å². The van der Waals surface area contributed by atoms with Gasteiger partial charge in [-0.3, -0.25) is 4.79 Å². The lowest BCUT2D eigenvalue weighted by Gasteiger charge is -2.20. The van der Waals surface area contributed by atoms with Crippen LogP contribution in [0.5, 0.6) is 0 Å². The summed E-state index contributed by atoms with van der Waals surface area (Å²) in [6.07, 6.45) is 3.72. The quantitative estimate of drug-likeness (QED) is 0.791. The van der Waals surface area contributed by atoms with Crippen molar-refractivity contribution in [2.24, 2.45) is 7.05 Å². The number of imidazole rings is 1. The fraction of sp³-hybridized carbons (Fsp3) is 0.412. The maximum Gasteiger partial charge on any atom is 0.251 e. The second-order valence-corrected chi connectivity index (χ2v) is 6.77. The smallest absolute Gasteiger partial charge is 0.251 e. The minimum Gasteiger partial charge on any atom is -0.350 e. The normalized spacial score (nSPS) is 12.4. The van der Waals surface area contributed by atoms with E-state index in [-0.39, 0.29) is 5.91 Å². The number of rotatable bonds is 7. The van der Waals surface area contributed by atoms with Crippen LogP contribution in [0.25, 0.3) is 0 Å². The Kier molecular flexibility index (Phi) is 6.24. The van der Waals surface area contributed by atoms with Crippen molar-refractivity contribution in [3.05, 3.63) is 47.8 Å². The summed E-state index contributed by atoms with van der Waals surface area (Å²) >= 11 is 1.66. The molecule has 0 saturated carbocycles. The largest absolute Gasteiger partial charge is 0.350 e. The Morgan fingerprint density at radius 1 is 1.43 bits per heavy atom. The molecule has 124 valence electrons. The number of carbonyl (C=O) groups is 1. The highest BCUT2D eigenvalue weighted by molar-refractivity contribution is 7.98. The number of aryl methyl sites for hydroxylation is 1. The second kappa shape index (κ2) is 8.17. The summed E-state index contributed by atoms with van der Waals surface area (Å²) in [5.41, 5.74) is 1.82. The van der Waals surface area contributed by atoms with E-state index in [1.807, 2.05) is 56.2 Å². The molecule has 0 saturated heterocycles. The number of benzene rings is 1. The predicted molar refractivity (Wildman–Crippen MR) is 94.7 cm³/mol. The van der Waals surface area contributed by atoms with Crippen molar-refractivity contribution in [1.82, 2.24) is 19.8 Å². The summed E-state index contributed by atoms with van der Waals surface area (Å²) in [6, 6.07) is 8.07. The van der Waals surface area contributed by atoms with Crippen molar-refractivity contribution in [2.75, 3.05) is 20.6 Å².